The molecule has 3 rings (SSSR count). The number of benzene rings is 1. The van der Waals surface area contributed by atoms with E-state index in [1.807, 2.05) is 36.5 Å². The van der Waals surface area contributed by atoms with E-state index >= 15 is 0 Å². The van der Waals surface area contributed by atoms with Crippen LogP contribution in [-0.2, 0) is 10.3 Å². The van der Waals surface area contributed by atoms with Gasteiger partial charge in [0.15, 0.2) is 0 Å². The molecule has 1 saturated heterocycles. The number of ether oxygens (including phenoxy) is 1. The second kappa shape index (κ2) is 4.71. The molecule has 92 valence electrons. The fourth-order valence-corrected chi connectivity index (χ4v) is 2.71. The van der Waals surface area contributed by atoms with Crippen molar-refractivity contribution in [1.29, 1.82) is 0 Å². The normalized spacial score (nSPS) is 23.2. The van der Waals surface area contributed by atoms with E-state index in [1.165, 1.54) is 0 Å². The molecule has 0 bridgehead atoms. The predicted molar refractivity (Wildman–Crippen MR) is 71.7 cm³/mol. The minimum atomic E-state index is -0.348. The lowest BCUT2D eigenvalue weighted by molar-refractivity contribution is 0.0357. The Hall–Kier alpha value is -1.38. The smallest absolute Gasteiger partial charge is 0.120 e. The Balaban J connectivity index is 2.10. The Morgan fingerprint density at radius 1 is 1.11 bits per heavy atom. The van der Waals surface area contributed by atoms with Crippen LogP contribution < -0.4 is 0 Å². The lowest BCUT2D eigenvalue weighted by Crippen LogP contribution is -2.26. The number of aromatic nitrogens is 1. The number of pyridine rings is 1. The van der Waals surface area contributed by atoms with Gasteiger partial charge in [-0.3, -0.25) is 4.98 Å². The van der Waals surface area contributed by atoms with Crippen molar-refractivity contribution in [2.75, 3.05) is 6.61 Å². The zero-order valence-electron chi connectivity index (χ0n) is 9.97. The molecule has 0 aliphatic carbocycles. The van der Waals surface area contributed by atoms with E-state index in [0.717, 1.165) is 35.6 Å². The summed E-state index contributed by atoms with van der Waals surface area (Å²) in [4.78, 5) is 4.21. The first-order valence-corrected chi connectivity index (χ1v) is 6.50. The molecule has 1 aliphatic rings. The molecule has 1 atom stereocenters. The fraction of sp³-hybridized carbons (Fsp3) is 0.267. The highest BCUT2D eigenvalue weighted by molar-refractivity contribution is 6.30. The SMILES string of the molecule is Clc1ccc([C@]2(c3cccnc3)CCCO2)cc1. The maximum absolute atomic E-state index is 6.07. The summed E-state index contributed by atoms with van der Waals surface area (Å²) in [6, 6.07) is 11.9. The van der Waals surface area contributed by atoms with Gasteiger partial charge >= 0.3 is 0 Å². The molecule has 1 fully saturated rings. The van der Waals surface area contributed by atoms with Crippen molar-refractivity contribution in [1.82, 2.24) is 4.98 Å². The van der Waals surface area contributed by atoms with E-state index in [1.54, 1.807) is 6.20 Å². The van der Waals surface area contributed by atoms with Crippen LogP contribution >= 0.6 is 11.6 Å². The van der Waals surface area contributed by atoms with Crippen molar-refractivity contribution < 1.29 is 4.74 Å². The topological polar surface area (TPSA) is 22.1 Å². The van der Waals surface area contributed by atoms with Crippen LogP contribution in [0.1, 0.15) is 24.0 Å². The van der Waals surface area contributed by atoms with Crippen LogP contribution in [0.3, 0.4) is 0 Å². The highest BCUT2D eigenvalue weighted by Gasteiger charge is 2.38. The van der Waals surface area contributed by atoms with Gasteiger partial charge in [-0.25, -0.2) is 0 Å². The minimum absolute atomic E-state index is 0.348. The summed E-state index contributed by atoms with van der Waals surface area (Å²) in [7, 11) is 0. The minimum Gasteiger partial charge on any atom is -0.365 e. The van der Waals surface area contributed by atoms with E-state index in [4.69, 9.17) is 16.3 Å². The summed E-state index contributed by atoms with van der Waals surface area (Å²) in [6.07, 6.45) is 5.73. The number of hydrogen-bond donors (Lipinski definition) is 0. The monoisotopic (exact) mass is 259 g/mol. The highest BCUT2D eigenvalue weighted by Crippen LogP contribution is 2.42. The van der Waals surface area contributed by atoms with Gasteiger partial charge in [0.2, 0.25) is 0 Å². The first-order chi connectivity index (χ1) is 8.81. The van der Waals surface area contributed by atoms with Gasteiger partial charge in [0.1, 0.15) is 5.60 Å². The third-order valence-corrected chi connectivity index (χ3v) is 3.71. The Morgan fingerprint density at radius 3 is 2.56 bits per heavy atom. The molecule has 0 unspecified atom stereocenters. The molecule has 0 radical (unpaired) electrons. The zero-order chi connectivity index (χ0) is 12.4. The van der Waals surface area contributed by atoms with Crippen molar-refractivity contribution in [3.63, 3.8) is 0 Å². The molecule has 0 amide bonds. The zero-order valence-corrected chi connectivity index (χ0v) is 10.7. The Labute approximate surface area is 112 Å². The first kappa shape index (κ1) is 11.7. The molecule has 1 aromatic heterocycles. The molecular weight excluding hydrogens is 246 g/mol. The predicted octanol–water partition coefficient (Wildman–Crippen LogP) is 3.79. The van der Waals surface area contributed by atoms with E-state index in [-0.39, 0.29) is 5.60 Å². The average Bonchev–Trinajstić information content (AvgIpc) is 2.91. The molecule has 2 nitrogen and oxygen atoms in total. The second-order valence-electron chi connectivity index (χ2n) is 4.53. The summed E-state index contributed by atoms with van der Waals surface area (Å²) in [5, 5.41) is 0.748. The van der Waals surface area contributed by atoms with Gasteiger partial charge in [0, 0.05) is 29.6 Å². The van der Waals surface area contributed by atoms with Gasteiger partial charge < -0.3 is 4.74 Å². The van der Waals surface area contributed by atoms with Crippen molar-refractivity contribution in [3.05, 3.63) is 64.9 Å². The third-order valence-electron chi connectivity index (χ3n) is 3.46. The summed E-state index contributed by atoms with van der Waals surface area (Å²) in [5.74, 6) is 0. The van der Waals surface area contributed by atoms with Crippen LogP contribution in [-0.4, -0.2) is 11.6 Å². The standard InChI is InChI=1S/C15H14ClNO/c16-14-6-4-12(5-7-14)15(8-2-10-18-15)13-3-1-9-17-11-13/h1,3-7,9,11H,2,8,10H2/t15-/m0/s1. The maximum atomic E-state index is 6.07. The molecule has 1 aliphatic heterocycles. The number of halogens is 1. The Bertz CT molecular complexity index is 518. The second-order valence-corrected chi connectivity index (χ2v) is 4.96. The van der Waals surface area contributed by atoms with Crippen molar-refractivity contribution in [2.24, 2.45) is 0 Å². The van der Waals surface area contributed by atoms with Crippen molar-refractivity contribution in [3.8, 4) is 0 Å². The largest absolute Gasteiger partial charge is 0.365 e. The molecule has 18 heavy (non-hydrogen) atoms. The van der Waals surface area contributed by atoms with E-state index in [0.29, 0.717) is 0 Å². The van der Waals surface area contributed by atoms with Crippen LogP contribution in [0, 0.1) is 0 Å². The molecule has 2 aromatic rings. The molecular formula is C15H14ClNO. The fourth-order valence-electron chi connectivity index (χ4n) is 2.58. The van der Waals surface area contributed by atoms with Crippen LogP contribution in [0.5, 0.6) is 0 Å². The molecule has 2 heterocycles. The highest BCUT2D eigenvalue weighted by atomic mass is 35.5. The van der Waals surface area contributed by atoms with E-state index in [2.05, 4.69) is 11.1 Å². The number of rotatable bonds is 2. The molecule has 0 saturated carbocycles. The van der Waals surface area contributed by atoms with Gasteiger partial charge in [-0.1, -0.05) is 29.8 Å². The van der Waals surface area contributed by atoms with Gasteiger partial charge in [0.05, 0.1) is 0 Å². The summed E-state index contributed by atoms with van der Waals surface area (Å²) in [6.45, 7) is 0.789. The maximum Gasteiger partial charge on any atom is 0.120 e. The van der Waals surface area contributed by atoms with Gasteiger partial charge in [-0.2, -0.15) is 0 Å². The van der Waals surface area contributed by atoms with Gasteiger partial charge in [0.25, 0.3) is 0 Å². The summed E-state index contributed by atoms with van der Waals surface area (Å²) < 4.78 is 6.07. The third kappa shape index (κ3) is 1.92. The first-order valence-electron chi connectivity index (χ1n) is 6.12. The van der Waals surface area contributed by atoms with Crippen LogP contribution in [0.2, 0.25) is 5.02 Å². The van der Waals surface area contributed by atoms with Crippen LogP contribution in [0.15, 0.2) is 48.8 Å². The Morgan fingerprint density at radius 2 is 1.94 bits per heavy atom. The molecule has 0 N–H and O–H groups in total. The van der Waals surface area contributed by atoms with Crippen molar-refractivity contribution >= 4 is 11.6 Å². The van der Waals surface area contributed by atoms with Crippen LogP contribution in [0.4, 0.5) is 0 Å². The molecule has 0 spiro atoms. The Kier molecular flexibility index (Phi) is 3.06. The van der Waals surface area contributed by atoms with E-state index in [9.17, 15) is 0 Å². The summed E-state index contributed by atoms with van der Waals surface area (Å²) in [5.41, 5.74) is 1.92. The number of nitrogens with zero attached hydrogens (tertiary/aromatic N) is 1. The lowest BCUT2D eigenvalue weighted by atomic mass is 9.85. The van der Waals surface area contributed by atoms with Gasteiger partial charge in [-0.05, 0) is 36.6 Å². The van der Waals surface area contributed by atoms with Gasteiger partial charge in [-0.15, -0.1) is 0 Å². The quantitative estimate of drug-likeness (QED) is 0.819. The van der Waals surface area contributed by atoms with Crippen molar-refractivity contribution in [2.45, 2.75) is 18.4 Å². The molecule has 1 aromatic carbocycles. The number of hydrogen-bond acceptors (Lipinski definition) is 2. The molecule has 3 heteroatoms. The lowest BCUT2D eigenvalue weighted by Gasteiger charge is -2.29. The summed E-state index contributed by atoms with van der Waals surface area (Å²) >= 11 is 5.96. The van der Waals surface area contributed by atoms with Crippen LogP contribution in [0.25, 0.3) is 0 Å². The van der Waals surface area contributed by atoms with E-state index < -0.39 is 0 Å². The average molecular weight is 260 g/mol.